The fraction of sp³-hybridized carbons (Fsp3) is 0.0625. The first-order valence-electron chi connectivity index (χ1n) is 6.71. The Hall–Kier alpha value is -3.02. The van der Waals surface area contributed by atoms with E-state index in [1.54, 1.807) is 30.5 Å². The van der Waals surface area contributed by atoms with Crippen LogP contribution in [0.15, 0.2) is 48.7 Å². The van der Waals surface area contributed by atoms with Crippen molar-refractivity contribution in [3.8, 4) is 11.5 Å². The minimum atomic E-state index is -0.286. The molecule has 0 radical (unpaired) electrons. The predicted octanol–water partition coefficient (Wildman–Crippen LogP) is 2.43. The van der Waals surface area contributed by atoms with Gasteiger partial charge in [0.1, 0.15) is 23.1 Å². The molecule has 6 heteroatoms. The molecular weight excluding hydrogens is 281 g/mol. The smallest absolute Gasteiger partial charge is 0.182 e. The predicted molar refractivity (Wildman–Crippen MR) is 83.3 cm³/mol. The Kier molecular flexibility index (Phi) is 3.65. The van der Waals surface area contributed by atoms with Gasteiger partial charge in [-0.1, -0.05) is 18.2 Å². The molecule has 3 rings (SSSR count). The topological polar surface area (TPSA) is 90.7 Å². The van der Waals surface area contributed by atoms with Crippen molar-refractivity contribution in [1.29, 1.82) is 0 Å². The molecule has 2 heterocycles. The molecule has 2 aromatic heterocycles. The van der Waals surface area contributed by atoms with E-state index in [-0.39, 0.29) is 5.82 Å². The van der Waals surface area contributed by atoms with Crippen LogP contribution in [-0.4, -0.2) is 15.0 Å². The number of nitrogens with zero attached hydrogens (tertiary/aromatic N) is 3. The second-order valence-corrected chi connectivity index (χ2v) is 4.81. The molecule has 5 nitrogen and oxygen atoms in total. The van der Waals surface area contributed by atoms with Crippen molar-refractivity contribution < 1.29 is 4.39 Å². The van der Waals surface area contributed by atoms with Gasteiger partial charge in [-0.05, 0) is 29.8 Å². The lowest BCUT2D eigenvalue weighted by atomic mass is 10.1. The summed E-state index contributed by atoms with van der Waals surface area (Å²) in [5, 5.41) is 0. The molecule has 0 aliphatic rings. The van der Waals surface area contributed by atoms with Crippen LogP contribution in [0.5, 0.6) is 0 Å². The average molecular weight is 295 g/mol. The molecule has 1 aromatic carbocycles. The summed E-state index contributed by atoms with van der Waals surface area (Å²) in [5.74, 6) is 0.708. The lowest BCUT2D eigenvalue weighted by Crippen LogP contribution is -2.08. The van der Waals surface area contributed by atoms with Gasteiger partial charge in [-0.2, -0.15) is 0 Å². The molecule has 0 atom stereocenters. The van der Waals surface area contributed by atoms with E-state index in [4.69, 9.17) is 11.5 Å². The molecule has 0 bridgehead atoms. The first kappa shape index (κ1) is 13.9. The number of benzene rings is 1. The van der Waals surface area contributed by atoms with Crippen LogP contribution < -0.4 is 11.5 Å². The van der Waals surface area contributed by atoms with E-state index < -0.39 is 0 Å². The molecule has 22 heavy (non-hydrogen) atoms. The molecule has 0 aliphatic carbocycles. The van der Waals surface area contributed by atoms with E-state index in [9.17, 15) is 4.39 Å². The van der Waals surface area contributed by atoms with E-state index in [0.717, 1.165) is 5.56 Å². The van der Waals surface area contributed by atoms with E-state index in [0.29, 0.717) is 35.1 Å². The third-order valence-corrected chi connectivity index (χ3v) is 3.26. The number of hydrogen-bond donors (Lipinski definition) is 2. The molecule has 0 aliphatic heterocycles. The van der Waals surface area contributed by atoms with Crippen molar-refractivity contribution in [3.05, 3.63) is 65.6 Å². The standard InChI is InChI=1S/C16H14FN5/c17-11-6-4-10(5-7-11)9-12-14(18)21-16(22-15(12)19)13-3-1-2-8-20-13/h1-8H,9H2,(H4,18,19,21,22). The number of halogens is 1. The second-order valence-electron chi connectivity index (χ2n) is 4.81. The average Bonchev–Trinajstić information content (AvgIpc) is 2.53. The monoisotopic (exact) mass is 295 g/mol. The molecule has 4 N–H and O–H groups in total. The maximum Gasteiger partial charge on any atom is 0.182 e. The second kappa shape index (κ2) is 5.77. The Labute approximate surface area is 126 Å². The Morgan fingerprint density at radius 1 is 0.909 bits per heavy atom. The Bertz CT molecular complexity index is 764. The zero-order valence-electron chi connectivity index (χ0n) is 11.7. The summed E-state index contributed by atoms with van der Waals surface area (Å²) in [6, 6.07) is 11.6. The molecule has 110 valence electrons. The van der Waals surface area contributed by atoms with Crippen molar-refractivity contribution in [2.75, 3.05) is 11.5 Å². The van der Waals surface area contributed by atoms with Crippen LogP contribution in [0.1, 0.15) is 11.1 Å². The molecule has 3 aromatic rings. The Morgan fingerprint density at radius 3 is 2.18 bits per heavy atom. The molecule has 0 saturated carbocycles. The maximum atomic E-state index is 12.9. The van der Waals surface area contributed by atoms with Gasteiger partial charge in [0.2, 0.25) is 0 Å². The zero-order chi connectivity index (χ0) is 15.5. The largest absolute Gasteiger partial charge is 0.383 e. The highest BCUT2D eigenvalue weighted by Crippen LogP contribution is 2.23. The highest BCUT2D eigenvalue weighted by molar-refractivity contribution is 5.61. The fourth-order valence-electron chi connectivity index (χ4n) is 2.12. The number of hydrogen-bond acceptors (Lipinski definition) is 5. The van der Waals surface area contributed by atoms with E-state index in [1.165, 1.54) is 12.1 Å². The van der Waals surface area contributed by atoms with Crippen LogP contribution in [0.2, 0.25) is 0 Å². The maximum absolute atomic E-state index is 12.9. The van der Waals surface area contributed by atoms with Crippen molar-refractivity contribution in [3.63, 3.8) is 0 Å². The van der Waals surface area contributed by atoms with Gasteiger partial charge in [0, 0.05) is 18.2 Å². The summed E-state index contributed by atoms with van der Waals surface area (Å²) in [6.45, 7) is 0. The van der Waals surface area contributed by atoms with Gasteiger partial charge in [-0.15, -0.1) is 0 Å². The fourth-order valence-corrected chi connectivity index (χ4v) is 2.12. The zero-order valence-corrected chi connectivity index (χ0v) is 11.7. The first-order chi connectivity index (χ1) is 10.6. The van der Waals surface area contributed by atoms with Crippen molar-refractivity contribution >= 4 is 11.6 Å². The summed E-state index contributed by atoms with van der Waals surface area (Å²) in [6.07, 6.45) is 2.10. The van der Waals surface area contributed by atoms with Crippen molar-refractivity contribution in [2.24, 2.45) is 0 Å². The number of anilines is 2. The van der Waals surface area contributed by atoms with Crippen molar-refractivity contribution in [1.82, 2.24) is 15.0 Å². The highest BCUT2D eigenvalue weighted by atomic mass is 19.1. The van der Waals surface area contributed by atoms with Gasteiger partial charge in [-0.25, -0.2) is 14.4 Å². The van der Waals surface area contributed by atoms with Gasteiger partial charge in [0.15, 0.2) is 5.82 Å². The minimum absolute atomic E-state index is 0.286. The number of rotatable bonds is 3. The molecule has 0 unspecified atom stereocenters. The molecule has 0 saturated heterocycles. The van der Waals surface area contributed by atoms with E-state index in [1.807, 2.05) is 6.07 Å². The summed E-state index contributed by atoms with van der Waals surface area (Å²) in [5.41, 5.74) is 14.1. The number of nitrogen functional groups attached to an aromatic ring is 2. The van der Waals surface area contributed by atoms with Gasteiger partial charge in [0.05, 0.1) is 0 Å². The lowest BCUT2D eigenvalue weighted by Gasteiger charge is -2.10. The van der Waals surface area contributed by atoms with Gasteiger partial charge < -0.3 is 11.5 Å². The number of pyridine rings is 1. The number of nitrogens with two attached hydrogens (primary N) is 2. The summed E-state index contributed by atoms with van der Waals surface area (Å²) >= 11 is 0. The summed E-state index contributed by atoms with van der Waals surface area (Å²) in [7, 11) is 0. The van der Waals surface area contributed by atoms with Crippen LogP contribution in [0, 0.1) is 5.82 Å². The molecule has 0 amide bonds. The minimum Gasteiger partial charge on any atom is -0.383 e. The van der Waals surface area contributed by atoms with Gasteiger partial charge in [0.25, 0.3) is 0 Å². The summed E-state index contributed by atoms with van der Waals surface area (Å²) in [4.78, 5) is 12.7. The first-order valence-corrected chi connectivity index (χ1v) is 6.71. The Balaban J connectivity index is 1.95. The SMILES string of the molecule is Nc1nc(-c2ccccn2)nc(N)c1Cc1ccc(F)cc1. The van der Waals surface area contributed by atoms with Gasteiger partial charge in [-0.3, -0.25) is 4.98 Å². The van der Waals surface area contributed by atoms with E-state index in [2.05, 4.69) is 15.0 Å². The molecule has 0 spiro atoms. The lowest BCUT2D eigenvalue weighted by molar-refractivity contribution is 0.627. The number of aromatic nitrogens is 3. The highest BCUT2D eigenvalue weighted by Gasteiger charge is 2.12. The van der Waals surface area contributed by atoms with Crippen LogP contribution in [-0.2, 0) is 6.42 Å². The van der Waals surface area contributed by atoms with E-state index >= 15 is 0 Å². The molecular formula is C16H14FN5. The third kappa shape index (κ3) is 2.85. The van der Waals surface area contributed by atoms with Crippen LogP contribution in [0.3, 0.4) is 0 Å². The van der Waals surface area contributed by atoms with Crippen LogP contribution in [0.25, 0.3) is 11.5 Å². The third-order valence-electron chi connectivity index (χ3n) is 3.26. The normalized spacial score (nSPS) is 10.6. The molecule has 0 fully saturated rings. The summed E-state index contributed by atoms with van der Waals surface area (Å²) < 4.78 is 12.9. The van der Waals surface area contributed by atoms with Crippen molar-refractivity contribution in [2.45, 2.75) is 6.42 Å². The van der Waals surface area contributed by atoms with Crippen LogP contribution in [0.4, 0.5) is 16.0 Å². The van der Waals surface area contributed by atoms with Gasteiger partial charge >= 0.3 is 0 Å². The quantitative estimate of drug-likeness (QED) is 0.774. The Morgan fingerprint density at radius 2 is 1.59 bits per heavy atom. The van der Waals surface area contributed by atoms with Crippen LogP contribution >= 0.6 is 0 Å².